The Bertz CT molecular complexity index is 697. The van der Waals surface area contributed by atoms with Crippen LogP contribution in [0.5, 0.6) is 5.75 Å². The third kappa shape index (κ3) is 3.89. The molecule has 2 aromatic rings. The molecule has 22 heavy (non-hydrogen) atoms. The van der Waals surface area contributed by atoms with Crippen molar-refractivity contribution in [2.75, 3.05) is 11.9 Å². The second-order valence-electron chi connectivity index (χ2n) is 4.30. The quantitative estimate of drug-likeness (QED) is 0.502. The smallest absolute Gasteiger partial charge is 0.269 e. The number of carbonyl (C=O) groups excluding carboxylic acids is 2. The Labute approximate surface area is 125 Å². The number of hydrogen-bond donors (Lipinski definition) is 1. The second kappa shape index (κ2) is 6.98. The van der Waals surface area contributed by atoms with Crippen molar-refractivity contribution in [2.45, 2.75) is 0 Å². The van der Waals surface area contributed by atoms with E-state index in [9.17, 15) is 19.7 Å². The molecule has 0 radical (unpaired) electrons. The number of hydrogen-bond acceptors (Lipinski definition) is 5. The summed E-state index contributed by atoms with van der Waals surface area (Å²) in [6.45, 7) is -0.276. The van der Waals surface area contributed by atoms with Crippen molar-refractivity contribution in [1.82, 2.24) is 0 Å². The van der Waals surface area contributed by atoms with Crippen LogP contribution in [0.15, 0.2) is 48.5 Å². The lowest BCUT2D eigenvalue weighted by molar-refractivity contribution is -0.384. The fourth-order valence-electron chi connectivity index (χ4n) is 1.72. The zero-order valence-corrected chi connectivity index (χ0v) is 11.4. The first-order chi connectivity index (χ1) is 10.6. The number of amides is 1. The Morgan fingerprint density at radius 2 is 1.86 bits per heavy atom. The molecule has 0 aromatic heterocycles. The predicted octanol–water partition coefficient (Wildman–Crippen LogP) is 2.42. The highest BCUT2D eigenvalue weighted by molar-refractivity contribution is 5.92. The number of para-hydroxylation sites is 1. The van der Waals surface area contributed by atoms with E-state index in [2.05, 4.69) is 5.32 Å². The lowest BCUT2D eigenvalue weighted by atomic mass is 10.2. The fourth-order valence-corrected chi connectivity index (χ4v) is 1.72. The van der Waals surface area contributed by atoms with E-state index in [1.54, 1.807) is 24.3 Å². The fraction of sp³-hybridized carbons (Fsp3) is 0.0667. The maximum Gasteiger partial charge on any atom is 0.269 e. The average Bonchev–Trinajstić information content (AvgIpc) is 2.53. The maximum atomic E-state index is 11.7. The van der Waals surface area contributed by atoms with Gasteiger partial charge in [-0.05, 0) is 24.3 Å². The van der Waals surface area contributed by atoms with E-state index in [0.29, 0.717) is 23.3 Å². The molecule has 0 spiro atoms. The number of anilines is 1. The van der Waals surface area contributed by atoms with Gasteiger partial charge in [-0.15, -0.1) is 0 Å². The number of nitro groups is 1. The van der Waals surface area contributed by atoms with Gasteiger partial charge in [-0.1, -0.05) is 12.1 Å². The Morgan fingerprint density at radius 3 is 2.50 bits per heavy atom. The number of nitrogens with one attached hydrogen (secondary N) is 1. The highest BCUT2D eigenvalue weighted by Crippen LogP contribution is 2.17. The number of nitrogens with zero attached hydrogens (tertiary/aromatic N) is 1. The molecule has 1 amide bonds. The Balaban J connectivity index is 1.93. The van der Waals surface area contributed by atoms with Gasteiger partial charge < -0.3 is 10.1 Å². The molecule has 2 aromatic carbocycles. The summed E-state index contributed by atoms with van der Waals surface area (Å²) < 4.78 is 5.27. The van der Waals surface area contributed by atoms with Crippen molar-refractivity contribution in [3.63, 3.8) is 0 Å². The van der Waals surface area contributed by atoms with E-state index >= 15 is 0 Å². The van der Waals surface area contributed by atoms with Gasteiger partial charge in [-0.3, -0.25) is 19.7 Å². The summed E-state index contributed by atoms with van der Waals surface area (Å²) in [4.78, 5) is 32.6. The van der Waals surface area contributed by atoms with Crippen molar-refractivity contribution in [3.05, 3.63) is 64.2 Å². The van der Waals surface area contributed by atoms with Gasteiger partial charge in [-0.25, -0.2) is 0 Å². The molecule has 7 nitrogen and oxygen atoms in total. The van der Waals surface area contributed by atoms with Crippen LogP contribution in [0.3, 0.4) is 0 Å². The van der Waals surface area contributed by atoms with E-state index in [0.717, 1.165) is 0 Å². The molecule has 0 unspecified atom stereocenters. The molecule has 0 saturated heterocycles. The summed E-state index contributed by atoms with van der Waals surface area (Å²) in [6.07, 6.45) is 0.642. The zero-order chi connectivity index (χ0) is 15.9. The molecule has 0 aliphatic rings. The summed E-state index contributed by atoms with van der Waals surface area (Å²) in [5, 5.41) is 13.1. The van der Waals surface area contributed by atoms with Crippen molar-refractivity contribution in [3.8, 4) is 5.75 Å². The van der Waals surface area contributed by atoms with E-state index in [1.807, 2.05) is 0 Å². The van der Waals surface area contributed by atoms with Gasteiger partial charge in [0.05, 0.1) is 10.5 Å². The predicted molar refractivity (Wildman–Crippen MR) is 79.1 cm³/mol. The topological polar surface area (TPSA) is 98.5 Å². The van der Waals surface area contributed by atoms with Crippen LogP contribution in [0.25, 0.3) is 0 Å². The summed E-state index contributed by atoms with van der Waals surface area (Å²) in [5.41, 5.74) is 0.711. The minimum Gasteiger partial charge on any atom is -0.483 e. The molecule has 0 fully saturated rings. The normalized spacial score (nSPS) is 9.82. The third-order valence-electron chi connectivity index (χ3n) is 2.77. The number of rotatable bonds is 6. The lowest BCUT2D eigenvalue weighted by Gasteiger charge is -2.08. The van der Waals surface area contributed by atoms with Gasteiger partial charge >= 0.3 is 0 Å². The molecule has 7 heteroatoms. The van der Waals surface area contributed by atoms with Crippen LogP contribution < -0.4 is 10.1 Å². The first kappa shape index (κ1) is 15.2. The number of non-ortho nitro benzene ring substituents is 1. The number of carbonyl (C=O) groups is 2. The molecule has 0 bridgehead atoms. The van der Waals surface area contributed by atoms with Gasteiger partial charge in [-0.2, -0.15) is 0 Å². The van der Waals surface area contributed by atoms with Gasteiger partial charge in [0.2, 0.25) is 0 Å². The van der Waals surface area contributed by atoms with E-state index in [1.165, 1.54) is 24.3 Å². The van der Waals surface area contributed by atoms with E-state index in [4.69, 9.17) is 4.74 Å². The van der Waals surface area contributed by atoms with Gasteiger partial charge in [0, 0.05) is 17.8 Å². The molecule has 112 valence electrons. The summed E-state index contributed by atoms with van der Waals surface area (Å²) in [6, 6.07) is 12.0. The minimum atomic E-state index is -0.523. The largest absolute Gasteiger partial charge is 0.483 e. The summed E-state index contributed by atoms with van der Waals surface area (Å²) in [5.74, 6) is -0.120. The number of aldehydes is 1. The highest BCUT2D eigenvalue weighted by atomic mass is 16.6. The van der Waals surface area contributed by atoms with Crippen LogP contribution in [0.2, 0.25) is 0 Å². The zero-order valence-electron chi connectivity index (χ0n) is 11.4. The molecule has 0 aliphatic heterocycles. The lowest BCUT2D eigenvalue weighted by Crippen LogP contribution is -2.20. The van der Waals surface area contributed by atoms with Crippen LogP contribution in [-0.2, 0) is 4.79 Å². The Hall–Kier alpha value is -3.22. The molecule has 0 saturated carbocycles. The second-order valence-corrected chi connectivity index (χ2v) is 4.30. The van der Waals surface area contributed by atoms with Gasteiger partial charge in [0.25, 0.3) is 11.6 Å². The summed E-state index contributed by atoms with van der Waals surface area (Å²) in [7, 11) is 0. The monoisotopic (exact) mass is 300 g/mol. The Kier molecular flexibility index (Phi) is 4.81. The third-order valence-corrected chi connectivity index (χ3v) is 2.77. The molecular weight excluding hydrogens is 288 g/mol. The average molecular weight is 300 g/mol. The number of benzene rings is 2. The van der Waals surface area contributed by atoms with Crippen LogP contribution in [0.4, 0.5) is 11.4 Å². The van der Waals surface area contributed by atoms with Crippen LogP contribution in [0.1, 0.15) is 10.4 Å². The SMILES string of the molecule is O=Cc1ccccc1OCC(=O)Nc1ccc([N+](=O)[O-])cc1. The highest BCUT2D eigenvalue weighted by Gasteiger charge is 2.08. The Morgan fingerprint density at radius 1 is 1.18 bits per heavy atom. The summed E-state index contributed by atoms with van der Waals surface area (Å²) >= 11 is 0. The van der Waals surface area contributed by atoms with Crippen molar-refractivity contribution in [2.24, 2.45) is 0 Å². The first-order valence-electron chi connectivity index (χ1n) is 6.31. The van der Waals surface area contributed by atoms with Crippen LogP contribution >= 0.6 is 0 Å². The molecule has 0 atom stereocenters. The van der Waals surface area contributed by atoms with Gasteiger partial charge in [0.1, 0.15) is 5.75 Å². The van der Waals surface area contributed by atoms with E-state index in [-0.39, 0.29) is 12.3 Å². The van der Waals surface area contributed by atoms with Crippen molar-refractivity contribution < 1.29 is 19.2 Å². The molecule has 0 aliphatic carbocycles. The molecule has 0 heterocycles. The standard InChI is InChI=1S/C15H12N2O5/c18-9-11-3-1-2-4-14(11)22-10-15(19)16-12-5-7-13(8-6-12)17(20)21/h1-9H,10H2,(H,16,19). The molecule has 2 rings (SSSR count). The van der Waals surface area contributed by atoms with Crippen LogP contribution in [0, 0.1) is 10.1 Å². The van der Waals surface area contributed by atoms with Crippen LogP contribution in [-0.4, -0.2) is 23.7 Å². The van der Waals surface area contributed by atoms with Crippen molar-refractivity contribution in [1.29, 1.82) is 0 Å². The molecular formula is C15H12N2O5. The number of ether oxygens (including phenoxy) is 1. The molecule has 1 N–H and O–H groups in total. The van der Waals surface area contributed by atoms with Gasteiger partial charge in [0.15, 0.2) is 12.9 Å². The maximum absolute atomic E-state index is 11.7. The van der Waals surface area contributed by atoms with E-state index < -0.39 is 10.8 Å². The first-order valence-corrected chi connectivity index (χ1v) is 6.31. The van der Waals surface area contributed by atoms with Crippen molar-refractivity contribution >= 4 is 23.6 Å². The number of nitro benzene ring substituents is 1. The minimum absolute atomic E-state index is 0.0610.